The standard InChI is InChI=1S/C17H25FN2O/c1-3-10-20(12-15-6-4-5-9-19-15)17(21)16-8-7-14(18)11-13(16)2/h7-8,11,15,19H,3-6,9-10,12H2,1-2H3. The van der Waals surface area contributed by atoms with E-state index in [-0.39, 0.29) is 11.7 Å². The molecule has 1 aliphatic heterocycles. The molecule has 0 aromatic heterocycles. The molecule has 1 fully saturated rings. The van der Waals surface area contributed by atoms with Crippen LogP contribution in [-0.2, 0) is 0 Å². The molecule has 0 aliphatic carbocycles. The Balaban J connectivity index is 2.10. The van der Waals surface area contributed by atoms with E-state index in [1.165, 1.54) is 25.0 Å². The number of carbonyl (C=O) groups excluding carboxylic acids is 1. The molecule has 1 N–H and O–H groups in total. The van der Waals surface area contributed by atoms with Gasteiger partial charge in [0, 0.05) is 24.7 Å². The summed E-state index contributed by atoms with van der Waals surface area (Å²) in [7, 11) is 0. The first-order valence-corrected chi connectivity index (χ1v) is 7.90. The third kappa shape index (κ3) is 4.27. The lowest BCUT2D eigenvalue weighted by Gasteiger charge is -2.31. The van der Waals surface area contributed by atoms with Crippen molar-refractivity contribution in [1.82, 2.24) is 10.2 Å². The van der Waals surface area contributed by atoms with Crippen LogP contribution in [0.5, 0.6) is 0 Å². The molecule has 1 heterocycles. The highest BCUT2D eigenvalue weighted by molar-refractivity contribution is 5.95. The highest BCUT2D eigenvalue weighted by Crippen LogP contribution is 2.15. The second kappa shape index (κ2) is 7.55. The Hall–Kier alpha value is -1.42. The van der Waals surface area contributed by atoms with Crippen LogP contribution in [0.1, 0.15) is 48.5 Å². The average molecular weight is 292 g/mol. The van der Waals surface area contributed by atoms with E-state index in [9.17, 15) is 9.18 Å². The lowest BCUT2D eigenvalue weighted by Crippen LogP contribution is -2.46. The van der Waals surface area contributed by atoms with Gasteiger partial charge < -0.3 is 10.2 Å². The Morgan fingerprint density at radius 1 is 1.43 bits per heavy atom. The molecule has 4 heteroatoms. The van der Waals surface area contributed by atoms with Crippen molar-refractivity contribution in [3.05, 3.63) is 35.1 Å². The van der Waals surface area contributed by atoms with Gasteiger partial charge in [0.2, 0.25) is 0 Å². The smallest absolute Gasteiger partial charge is 0.254 e. The van der Waals surface area contributed by atoms with E-state index in [0.29, 0.717) is 17.2 Å². The lowest BCUT2D eigenvalue weighted by atomic mass is 10.0. The molecular formula is C17H25FN2O. The summed E-state index contributed by atoms with van der Waals surface area (Å²) in [6.07, 6.45) is 4.49. The molecule has 1 atom stereocenters. The summed E-state index contributed by atoms with van der Waals surface area (Å²) in [4.78, 5) is 14.6. The second-order valence-electron chi connectivity index (χ2n) is 5.86. The van der Waals surface area contributed by atoms with E-state index in [1.54, 1.807) is 13.0 Å². The van der Waals surface area contributed by atoms with Crippen LogP contribution in [0.2, 0.25) is 0 Å². The summed E-state index contributed by atoms with van der Waals surface area (Å²) < 4.78 is 13.2. The van der Waals surface area contributed by atoms with Gasteiger partial charge in [-0.3, -0.25) is 4.79 Å². The molecule has 0 spiro atoms. The van der Waals surface area contributed by atoms with Crippen molar-refractivity contribution in [2.75, 3.05) is 19.6 Å². The predicted molar refractivity (Wildman–Crippen MR) is 83.0 cm³/mol. The molecule has 1 aliphatic rings. The fourth-order valence-electron chi connectivity index (χ4n) is 2.93. The van der Waals surface area contributed by atoms with Gasteiger partial charge in [-0.15, -0.1) is 0 Å². The van der Waals surface area contributed by atoms with Crippen LogP contribution in [0.3, 0.4) is 0 Å². The topological polar surface area (TPSA) is 32.3 Å². The number of aryl methyl sites for hydroxylation is 1. The number of halogens is 1. The number of amides is 1. The molecule has 3 nitrogen and oxygen atoms in total. The van der Waals surface area contributed by atoms with E-state index >= 15 is 0 Å². The van der Waals surface area contributed by atoms with Crippen molar-refractivity contribution in [3.8, 4) is 0 Å². The Morgan fingerprint density at radius 2 is 2.24 bits per heavy atom. The third-order valence-corrected chi connectivity index (χ3v) is 4.05. The molecule has 0 bridgehead atoms. The van der Waals surface area contributed by atoms with Gasteiger partial charge in [-0.05, 0) is 56.5 Å². The van der Waals surface area contributed by atoms with Crippen LogP contribution < -0.4 is 5.32 Å². The van der Waals surface area contributed by atoms with Gasteiger partial charge in [0.1, 0.15) is 5.82 Å². The first-order chi connectivity index (χ1) is 10.1. The summed E-state index contributed by atoms with van der Waals surface area (Å²) in [6.45, 7) is 6.39. The van der Waals surface area contributed by atoms with Crippen molar-refractivity contribution in [2.24, 2.45) is 0 Å². The maximum absolute atomic E-state index is 13.2. The number of nitrogens with zero attached hydrogens (tertiary/aromatic N) is 1. The van der Waals surface area contributed by atoms with E-state index in [2.05, 4.69) is 12.2 Å². The molecule has 1 amide bonds. The van der Waals surface area contributed by atoms with Crippen LogP contribution in [0.25, 0.3) is 0 Å². The largest absolute Gasteiger partial charge is 0.337 e. The highest BCUT2D eigenvalue weighted by Gasteiger charge is 2.22. The van der Waals surface area contributed by atoms with Crippen molar-refractivity contribution >= 4 is 5.91 Å². The summed E-state index contributed by atoms with van der Waals surface area (Å²) >= 11 is 0. The zero-order chi connectivity index (χ0) is 15.2. The summed E-state index contributed by atoms with van der Waals surface area (Å²) in [6, 6.07) is 4.78. The number of piperidine rings is 1. The number of nitrogens with one attached hydrogen (secondary N) is 1. The molecule has 21 heavy (non-hydrogen) atoms. The van der Waals surface area contributed by atoms with E-state index in [1.807, 2.05) is 4.90 Å². The SMILES string of the molecule is CCCN(CC1CCCCN1)C(=O)c1ccc(F)cc1C. The molecule has 0 saturated carbocycles. The fourth-order valence-corrected chi connectivity index (χ4v) is 2.93. The van der Waals surface area contributed by atoms with Gasteiger partial charge >= 0.3 is 0 Å². The second-order valence-corrected chi connectivity index (χ2v) is 5.86. The molecule has 0 radical (unpaired) electrons. The minimum absolute atomic E-state index is 0.0155. The first kappa shape index (κ1) is 16.0. The Labute approximate surface area is 126 Å². The summed E-state index contributed by atoms with van der Waals surface area (Å²) in [5, 5.41) is 3.48. The van der Waals surface area contributed by atoms with E-state index in [4.69, 9.17) is 0 Å². The maximum atomic E-state index is 13.2. The van der Waals surface area contributed by atoms with Crippen LogP contribution in [-0.4, -0.2) is 36.5 Å². The van der Waals surface area contributed by atoms with Crippen LogP contribution >= 0.6 is 0 Å². The molecule has 1 aromatic rings. The van der Waals surface area contributed by atoms with Crippen LogP contribution in [0.4, 0.5) is 4.39 Å². The Kier molecular flexibility index (Phi) is 5.74. The Morgan fingerprint density at radius 3 is 2.86 bits per heavy atom. The number of benzene rings is 1. The third-order valence-electron chi connectivity index (χ3n) is 4.05. The summed E-state index contributed by atoms with van der Waals surface area (Å²) in [5.74, 6) is -0.276. The number of hydrogen-bond donors (Lipinski definition) is 1. The normalized spacial score (nSPS) is 18.5. The summed E-state index contributed by atoms with van der Waals surface area (Å²) in [5.41, 5.74) is 1.32. The minimum Gasteiger partial charge on any atom is -0.337 e. The van der Waals surface area contributed by atoms with Crippen molar-refractivity contribution < 1.29 is 9.18 Å². The fraction of sp³-hybridized carbons (Fsp3) is 0.588. The lowest BCUT2D eigenvalue weighted by molar-refractivity contribution is 0.0731. The van der Waals surface area contributed by atoms with Gasteiger partial charge in [-0.1, -0.05) is 13.3 Å². The zero-order valence-electron chi connectivity index (χ0n) is 13.0. The monoisotopic (exact) mass is 292 g/mol. The van der Waals surface area contributed by atoms with Gasteiger partial charge in [0.25, 0.3) is 5.91 Å². The molecule has 1 unspecified atom stereocenters. The molecule has 116 valence electrons. The highest BCUT2D eigenvalue weighted by atomic mass is 19.1. The van der Waals surface area contributed by atoms with Crippen molar-refractivity contribution in [2.45, 2.75) is 45.6 Å². The predicted octanol–water partition coefficient (Wildman–Crippen LogP) is 3.13. The molecule has 1 aromatic carbocycles. The Bertz CT molecular complexity index is 484. The van der Waals surface area contributed by atoms with Crippen molar-refractivity contribution in [3.63, 3.8) is 0 Å². The maximum Gasteiger partial charge on any atom is 0.254 e. The molecular weight excluding hydrogens is 267 g/mol. The minimum atomic E-state index is -0.292. The quantitative estimate of drug-likeness (QED) is 0.904. The van der Waals surface area contributed by atoms with E-state index in [0.717, 1.165) is 32.5 Å². The van der Waals surface area contributed by atoms with Gasteiger partial charge in [0.05, 0.1) is 0 Å². The number of rotatable bonds is 5. The first-order valence-electron chi connectivity index (χ1n) is 7.90. The van der Waals surface area contributed by atoms with Crippen LogP contribution in [0, 0.1) is 12.7 Å². The molecule has 2 rings (SSSR count). The number of carbonyl (C=O) groups is 1. The van der Waals surface area contributed by atoms with E-state index < -0.39 is 0 Å². The van der Waals surface area contributed by atoms with Gasteiger partial charge in [-0.25, -0.2) is 4.39 Å². The average Bonchev–Trinajstić information content (AvgIpc) is 2.47. The van der Waals surface area contributed by atoms with Gasteiger partial charge in [-0.2, -0.15) is 0 Å². The zero-order valence-corrected chi connectivity index (χ0v) is 13.0. The van der Waals surface area contributed by atoms with Crippen LogP contribution in [0.15, 0.2) is 18.2 Å². The van der Waals surface area contributed by atoms with Gasteiger partial charge in [0.15, 0.2) is 0 Å². The molecule has 1 saturated heterocycles. The number of hydrogen-bond acceptors (Lipinski definition) is 2. The van der Waals surface area contributed by atoms with Crippen molar-refractivity contribution in [1.29, 1.82) is 0 Å².